The van der Waals surface area contributed by atoms with Crippen molar-refractivity contribution < 1.29 is 0 Å². The topological polar surface area (TPSA) is 3.24 Å². The first kappa shape index (κ1) is 9.61. The second kappa shape index (κ2) is 3.49. The van der Waals surface area contributed by atoms with Crippen LogP contribution in [0.2, 0.25) is 0 Å². The molecule has 1 fully saturated rings. The van der Waals surface area contributed by atoms with E-state index < -0.39 is 0 Å². The van der Waals surface area contributed by atoms with Crippen molar-refractivity contribution in [3.05, 3.63) is 0 Å². The van der Waals surface area contributed by atoms with Gasteiger partial charge in [-0.15, -0.1) is 12.3 Å². The summed E-state index contributed by atoms with van der Waals surface area (Å²) in [7, 11) is 0. The van der Waals surface area contributed by atoms with E-state index in [0.29, 0.717) is 5.92 Å². The van der Waals surface area contributed by atoms with Crippen LogP contribution in [0.3, 0.4) is 0 Å². The minimum absolute atomic E-state index is 0.287. The van der Waals surface area contributed by atoms with Gasteiger partial charge >= 0.3 is 0 Å². The second-order valence-electron chi connectivity index (χ2n) is 4.62. The molecular weight excluding hydrogens is 146 g/mol. The van der Waals surface area contributed by atoms with Crippen LogP contribution in [0.15, 0.2) is 0 Å². The van der Waals surface area contributed by atoms with Crippen LogP contribution in [-0.4, -0.2) is 23.5 Å². The number of nitrogens with zero attached hydrogens (tertiary/aromatic N) is 1. The largest absolute Gasteiger partial charge is 0.297 e. The predicted molar refractivity (Wildman–Crippen MR) is 52.9 cm³/mol. The minimum atomic E-state index is 0.287. The number of terminal acetylenes is 1. The number of rotatable bonds is 0. The van der Waals surface area contributed by atoms with Crippen LogP contribution in [0, 0.1) is 18.3 Å². The molecule has 0 aromatic heterocycles. The van der Waals surface area contributed by atoms with Gasteiger partial charge in [0.1, 0.15) is 0 Å². The normalized spacial score (nSPS) is 26.7. The van der Waals surface area contributed by atoms with E-state index in [1.807, 2.05) is 0 Å². The van der Waals surface area contributed by atoms with Crippen molar-refractivity contribution >= 4 is 0 Å². The molecule has 1 rings (SSSR count). The molecule has 0 unspecified atom stereocenters. The van der Waals surface area contributed by atoms with Gasteiger partial charge in [-0.2, -0.15) is 0 Å². The fraction of sp³-hybridized carbons (Fsp3) is 0.818. The summed E-state index contributed by atoms with van der Waals surface area (Å²) < 4.78 is 0. The fourth-order valence-corrected chi connectivity index (χ4v) is 1.72. The Bertz CT molecular complexity index is 182. The lowest BCUT2D eigenvalue weighted by Gasteiger charge is -2.40. The monoisotopic (exact) mass is 165 g/mol. The lowest BCUT2D eigenvalue weighted by molar-refractivity contribution is 0.0939. The smallest absolute Gasteiger partial charge is 0.0328 e. The summed E-state index contributed by atoms with van der Waals surface area (Å²) in [6, 6.07) is 0. The van der Waals surface area contributed by atoms with Crippen LogP contribution < -0.4 is 0 Å². The van der Waals surface area contributed by atoms with Gasteiger partial charge in [0.2, 0.25) is 0 Å². The third-order valence-electron chi connectivity index (χ3n) is 2.61. The van der Waals surface area contributed by atoms with Crippen molar-refractivity contribution in [1.82, 2.24) is 4.90 Å². The van der Waals surface area contributed by atoms with Crippen LogP contribution in [0.4, 0.5) is 0 Å². The molecule has 0 spiro atoms. The average molecular weight is 165 g/mol. The number of likely N-dealkylation sites (tertiary alicyclic amines) is 1. The third kappa shape index (κ3) is 2.25. The van der Waals surface area contributed by atoms with Crippen LogP contribution in [0.1, 0.15) is 33.6 Å². The van der Waals surface area contributed by atoms with E-state index in [-0.39, 0.29) is 5.54 Å². The van der Waals surface area contributed by atoms with E-state index in [9.17, 15) is 0 Å². The van der Waals surface area contributed by atoms with E-state index in [4.69, 9.17) is 6.42 Å². The zero-order valence-electron chi connectivity index (χ0n) is 8.43. The van der Waals surface area contributed by atoms with Crippen molar-refractivity contribution in [2.75, 3.05) is 13.1 Å². The molecule has 0 aromatic carbocycles. The molecule has 1 aliphatic rings. The third-order valence-corrected chi connectivity index (χ3v) is 2.61. The minimum Gasteiger partial charge on any atom is -0.297 e. The maximum atomic E-state index is 5.43. The zero-order chi connectivity index (χ0) is 9.19. The fourth-order valence-electron chi connectivity index (χ4n) is 1.72. The highest BCUT2D eigenvalue weighted by atomic mass is 15.2. The van der Waals surface area contributed by atoms with Crippen molar-refractivity contribution in [2.24, 2.45) is 5.92 Å². The van der Waals surface area contributed by atoms with E-state index in [0.717, 1.165) is 6.54 Å². The maximum absolute atomic E-state index is 5.43. The standard InChI is InChI=1S/C11H19N/c1-5-10-7-6-8-12(9-10)11(2,3)4/h1,10H,6-9H2,2-4H3/t10-/m0/s1. The van der Waals surface area contributed by atoms with Gasteiger partial charge in [-0.25, -0.2) is 0 Å². The Morgan fingerprint density at radius 1 is 1.42 bits per heavy atom. The van der Waals surface area contributed by atoms with Gasteiger partial charge in [0.05, 0.1) is 0 Å². The summed E-state index contributed by atoms with van der Waals surface area (Å²) in [4.78, 5) is 2.49. The maximum Gasteiger partial charge on any atom is 0.0328 e. The van der Waals surface area contributed by atoms with E-state index in [1.54, 1.807) is 0 Å². The van der Waals surface area contributed by atoms with Crippen molar-refractivity contribution in [2.45, 2.75) is 39.2 Å². The van der Waals surface area contributed by atoms with Crippen molar-refractivity contribution in [3.63, 3.8) is 0 Å². The SMILES string of the molecule is C#C[C@H]1CCCN(C(C)(C)C)C1. The molecule has 0 radical (unpaired) electrons. The molecule has 1 heteroatoms. The van der Waals surface area contributed by atoms with Crippen LogP contribution in [0.25, 0.3) is 0 Å². The molecule has 0 bridgehead atoms. The first-order valence-electron chi connectivity index (χ1n) is 4.75. The predicted octanol–water partition coefficient (Wildman–Crippen LogP) is 2.13. The number of hydrogen-bond donors (Lipinski definition) is 0. The second-order valence-corrected chi connectivity index (χ2v) is 4.62. The van der Waals surface area contributed by atoms with E-state index in [1.165, 1.54) is 19.4 Å². The van der Waals surface area contributed by atoms with E-state index >= 15 is 0 Å². The van der Waals surface area contributed by atoms with Gasteiger partial charge in [0, 0.05) is 18.0 Å². The van der Waals surface area contributed by atoms with E-state index in [2.05, 4.69) is 31.6 Å². The Kier molecular flexibility index (Phi) is 2.80. The molecule has 1 aliphatic heterocycles. The first-order chi connectivity index (χ1) is 5.54. The molecule has 0 aliphatic carbocycles. The molecule has 1 heterocycles. The molecule has 12 heavy (non-hydrogen) atoms. The van der Waals surface area contributed by atoms with Gasteiger partial charge in [0.25, 0.3) is 0 Å². The molecule has 0 aromatic rings. The van der Waals surface area contributed by atoms with Gasteiger partial charge in [-0.3, -0.25) is 4.90 Å². The van der Waals surface area contributed by atoms with Crippen LogP contribution >= 0.6 is 0 Å². The Morgan fingerprint density at radius 3 is 2.58 bits per heavy atom. The van der Waals surface area contributed by atoms with Gasteiger partial charge in [-0.1, -0.05) is 0 Å². The summed E-state index contributed by atoms with van der Waals surface area (Å²) in [6.07, 6.45) is 7.90. The van der Waals surface area contributed by atoms with Gasteiger partial charge < -0.3 is 0 Å². The first-order valence-corrected chi connectivity index (χ1v) is 4.75. The summed E-state index contributed by atoms with van der Waals surface area (Å²) in [5.41, 5.74) is 0.287. The summed E-state index contributed by atoms with van der Waals surface area (Å²) in [6.45, 7) is 9.06. The molecule has 0 amide bonds. The zero-order valence-corrected chi connectivity index (χ0v) is 8.43. The highest BCUT2D eigenvalue weighted by Gasteiger charge is 2.26. The molecule has 68 valence electrons. The highest BCUT2D eigenvalue weighted by Crippen LogP contribution is 2.22. The number of hydrogen-bond acceptors (Lipinski definition) is 1. The van der Waals surface area contributed by atoms with Crippen LogP contribution in [0.5, 0.6) is 0 Å². The van der Waals surface area contributed by atoms with Crippen molar-refractivity contribution in [3.8, 4) is 12.3 Å². The molecule has 0 saturated carbocycles. The number of piperidine rings is 1. The van der Waals surface area contributed by atoms with Gasteiger partial charge in [0.15, 0.2) is 0 Å². The summed E-state index contributed by atoms with van der Waals surface area (Å²) >= 11 is 0. The molecule has 0 N–H and O–H groups in total. The Morgan fingerprint density at radius 2 is 2.08 bits per heavy atom. The van der Waals surface area contributed by atoms with Crippen molar-refractivity contribution in [1.29, 1.82) is 0 Å². The lowest BCUT2D eigenvalue weighted by Crippen LogP contribution is -2.46. The van der Waals surface area contributed by atoms with Gasteiger partial charge in [-0.05, 0) is 40.2 Å². The van der Waals surface area contributed by atoms with Crippen LogP contribution in [-0.2, 0) is 0 Å². The summed E-state index contributed by atoms with van der Waals surface area (Å²) in [5.74, 6) is 3.35. The Hall–Kier alpha value is -0.480. The molecule has 1 atom stereocenters. The average Bonchev–Trinajstić information content (AvgIpc) is 2.03. The lowest BCUT2D eigenvalue weighted by atomic mass is 9.94. The Balaban J connectivity index is 2.53. The molecular formula is C11H19N. The highest BCUT2D eigenvalue weighted by molar-refractivity contribution is 4.98. The Labute approximate surface area is 76.1 Å². The molecule has 1 saturated heterocycles. The summed E-state index contributed by atoms with van der Waals surface area (Å²) in [5, 5.41) is 0. The molecule has 1 nitrogen and oxygen atoms in total. The quantitative estimate of drug-likeness (QED) is 0.497.